The molecule has 4 rings (SSSR count). The molecule has 35 heavy (non-hydrogen) atoms. The number of rotatable bonds is 9. The molecule has 0 aliphatic carbocycles. The van der Waals surface area contributed by atoms with Crippen molar-refractivity contribution >= 4 is 44.1 Å². The Morgan fingerprint density at radius 1 is 1.00 bits per heavy atom. The summed E-state index contributed by atoms with van der Waals surface area (Å²) in [5.41, 5.74) is 2.19. The van der Waals surface area contributed by atoms with E-state index in [2.05, 4.69) is 10.3 Å². The number of fused-ring (bicyclic) bond motifs is 1. The number of nitrogens with zero attached hydrogens (tertiary/aromatic N) is 3. The Hall–Kier alpha value is -2.94. The van der Waals surface area contributed by atoms with Crippen LogP contribution in [-0.2, 0) is 21.2 Å². The minimum absolute atomic E-state index is 0.0896. The molecule has 1 heterocycles. The van der Waals surface area contributed by atoms with Crippen LogP contribution in [0.25, 0.3) is 10.8 Å². The van der Waals surface area contributed by atoms with Crippen molar-refractivity contribution in [3.05, 3.63) is 76.8 Å². The Morgan fingerprint density at radius 3 is 2.43 bits per heavy atom. The van der Waals surface area contributed by atoms with Crippen LogP contribution in [0.15, 0.2) is 70.6 Å². The molecule has 3 aromatic rings. The van der Waals surface area contributed by atoms with E-state index in [9.17, 15) is 13.2 Å². The molecule has 1 aliphatic heterocycles. The predicted octanol–water partition coefficient (Wildman–Crippen LogP) is 3.55. The maximum Gasteiger partial charge on any atom is 0.243 e. The van der Waals surface area contributed by atoms with Gasteiger partial charge in [-0.15, -0.1) is 0 Å². The molecule has 0 unspecified atom stereocenters. The van der Waals surface area contributed by atoms with Gasteiger partial charge in [0.1, 0.15) is 5.84 Å². The smallest absolute Gasteiger partial charge is 0.243 e. The first-order valence-electron chi connectivity index (χ1n) is 11.5. The molecule has 0 aromatic heterocycles. The zero-order chi connectivity index (χ0) is 25.0. The lowest BCUT2D eigenvalue weighted by Crippen LogP contribution is -2.34. The van der Waals surface area contributed by atoms with Crippen LogP contribution in [0.3, 0.4) is 0 Å². The third kappa shape index (κ3) is 5.66. The average Bonchev–Trinajstić information content (AvgIpc) is 3.41. The quantitative estimate of drug-likeness (QED) is 0.475. The van der Waals surface area contributed by atoms with Crippen LogP contribution in [0.4, 0.5) is 0 Å². The van der Waals surface area contributed by atoms with Crippen molar-refractivity contribution < 1.29 is 13.2 Å². The number of carbonyl (C=O) groups excluding carboxylic acids is 1. The first-order valence-corrected chi connectivity index (χ1v) is 13.3. The number of nitrogens with one attached hydrogen (secondary N) is 1. The van der Waals surface area contributed by atoms with E-state index in [1.54, 1.807) is 48.3 Å². The number of amidine groups is 1. The monoisotopic (exact) mass is 512 g/mol. The van der Waals surface area contributed by atoms with Crippen LogP contribution in [0.2, 0.25) is 5.02 Å². The number of aliphatic imine (C=N–C) groups is 1. The molecule has 1 N–H and O–H groups in total. The number of hydrogen-bond donors (Lipinski definition) is 1. The third-order valence-corrected chi connectivity index (χ3v) is 8.47. The summed E-state index contributed by atoms with van der Waals surface area (Å²) < 4.78 is 27.7. The van der Waals surface area contributed by atoms with Crippen LogP contribution in [-0.4, -0.2) is 69.6 Å². The summed E-state index contributed by atoms with van der Waals surface area (Å²) >= 11 is 6.24. The number of hydrogen-bond acceptors (Lipinski definition) is 5. The molecule has 0 radical (unpaired) electrons. The molecule has 0 saturated carbocycles. The Kier molecular flexibility index (Phi) is 7.74. The standard InChI is InChI=1S/C26H29ClN4O3S/c1-30(17-13-19-9-11-20(12-10-19)26-28-15-16-29-26)25(32)14-18-31(2)35(33,34)24-8-4-5-21-22(24)6-3-7-23(21)27/h3-12H,13-18H2,1-2H3,(H,28,29). The van der Waals surface area contributed by atoms with Crippen LogP contribution in [0, 0.1) is 0 Å². The van der Waals surface area contributed by atoms with Crippen LogP contribution in [0.1, 0.15) is 17.5 Å². The summed E-state index contributed by atoms with van der Waals surface area (Å²) in [7, 11) is -0.539. The largest absolute Gasteiger partial charge is 0.368 e. The molecule has 1 aliphatic rings. The van der Waals surface area contributed by atoms with E-state index in [-0.39, 0.29) is 23.8 Å². The second-order valence-electron chi connectivity index (χ2n) is 8.59. The van der Waals surface area contributed by atoms with Gasteiger partial charge in [0.05, 0.1) is 11.4 Å². The average molecular weight is 513 g/mol. The highest BCUT2D eigenvalue weighted by molar-refractivity contribution is 7.89. The number of halogens is 1. The Balaban J connectivity index is 1.32. The zero-order valence-corrected chi connectivity index (χ0v) is 21.4. The number of likely N-dealkylation sites (N-methyl/N-ethyl adjacent to an activating group) is 1. The van der Waals surface area contributed by atoms with Gasteiger partial charge in [-0.05, 0) is 24.1 Å². The number of benzene rings is 3. The van der Waals surface area contributed by atoms with Gasteiger partial charge in [-0.2, -0.15) is 0 Å². The molecule has 0 atom stereocenters. The molecule has 0 spiro atoms. The van der Waals surface area contributed by atoms with Crippen molar-refractivity contribution in [2.45, 2.75) is 17.7 Å². The van der Waals surface area contributed by atoms with Crippen LogP contribution < -0.4 is 5.32 Å². The Labute approximate surface area is 211 Å². The molecular weight excluding hydrogens is 484 g/mol. The van der Waals surface area contributed by atoms with Crippen molar-refractivity contribution in [3.63, 3.8) is 0 Å². The lowest BCUT2D eigenvalue weighted by atomic mass is 10.1. The third-order valence-electron chi connectivity index (χ3n) is 6.22. The van der Waals surface area contributed by atoms with Crippen molar-refractivity contribution in [1.82, 2.24) is 14.5 Å². The van der Waals surface area contributed by atoms with Gasteiger partial charge in [0.2, 0.25) is 15.9 Å². The molecule has 0 bridgehead atoms. The first-order chi connectivity index (χ1) is 16.8. The lowest BCUT2D eigenvalue weighted by Gasteiger charge is -2.21. The summed E-state index contributed by atoms with van der Waals surface area (Å²) in [5, 5.41) is 5.00. The molecule has 7 nitrogen and oxygen atoms in total. The first kappa shape index (κ1) is 25.2. The van der Waals surface area contributed by atoms with Crippen molar-refractivity contribution in [2.75, 3.05) is 40.3 Å². The molecule has 3 aromatic carbocycles. The summed E-state index contributed by atoms with van der Waals surface area (Å²) in [6, 6.07) is 18.4. The Bertz CT molecular complexity index is 1360. The fourth-order valence-electron chi connectivity index (χ4n) is 4.04. The highest BCUT2D eigenvalue weighted by atomic mass is 35.5. The molecular formula is C26H29ClN4O3S. The number of carbonyl (C=O) groups is 1. The summed E-state index contributed by atoms with van der Waals surface area (Å²) in [6.45, 7) is 2.31. The van der Waals surface area contributed by atoms with Gasteiger partial charge < -0.3 is 10.2 Å². The van der Waals surface area contributed by atoms with Crippen molar-refractivity contribution in [2.24, 2.45) is 4.99 Å². The second-order valence-corrected chi connectivity index (χ2v) is 11.0. The van der Waals surface area contributed by atoms with Gasteiger partial charge in [-0.1, -0.05) is 60.1 Å². The van der Waals surface area contributed by atoms with E-state index in [1.165, 1.54) is 11.4 Å². The minimum atomic E-state index is -3.78. The van der Waals surface area contributed by atoms with Gasteiger partial charge in [0.25, 0.3) is 0 Å². The summed E-state index contributed by atoms with van der Waals surface area (Å²) in [4.78, 5) is 18.9. The van der Waals surface area contributed by atoms with Crippen LogP contribution in [0.5, 0.6) is 0 Å². The molecule has 0 fully saturated rings. The van der Waals surface area contributed by atoms with E-state index in [0.29, 0.717) is 28.8 Å². The fourth-order valence-corrected chi connectivity index (χ4v) is 5.65. The highest BCUT2D eigenvalue weighted by Gasteiger charge is 2.24. The van der Waals surface area contributed by atoms with Gasteiger partial charge in [-0.3, -0.25) is 9.79 Å². The maximum atomic E-state index is 13.2. The van der Waals surface area contributed by atoms with E-state index >= 15 is 0 Å². The molecule has 1 amide bonds. The van der Waals surface area contributed by atoms with E-state index in [0.717, 1.165) is 30.1 Å². The van der Waals surface area contributed by atoms with Crippen molar-refractivity contribution in [3.8, 4) is 0 Å². The van der Waals surface area contributed by atoms with Crippen molar-refractivity contribution in [1.29, 1.82) is 0 Å². The molecule has 184 valence electrons. The van der Waals surface area contributed by atoms with E-state index < -0.39 is 10.0 Å². The molecule has 9 heteroatoms. The summed E-state index contributed by atoms with van der Waals surface area (Å²) in [5.74, 6) is 0.823. The highest BCUT2D eigenvalue weighted by Crippen LogP contribution is 2.29. The van der Waals surface area contributed by atoms with Gasteiger partial charge in [0.15, 0.2) is 0 Å². The van der Waals surface area contributed by atoms with Gasteiger partial charge in [-0.25, -0.2) is 12.7 Å². The number of amides is 1. The zero-order valence-electron chi connectivity index (χ0n) is 19.9. The van der Waals surface area contributed by atoms with E-state index in [1.807, 2.05) is 24.3 Å². The topological polar surface area (TPSA) is 82.1 Å². The SMILES string of the molecule is CN(CCc1ccc(C2=NCCN2)cc1)C(=O)CCN(C)S(=O)(=O)c1cccc2c(Cl)cccc12. The van der Waals surface area contributed by atoms with Gasteiger partial charge >= 0.3 is 0 Å². The maximum absolute atomic E-state index is 13.2. The Morgan fingerprint density at radius 2 is 1.71 bits per heavy atom. The van der Waals surface area contributed by atoms with Gasteiger partial charge in [0, 0.05) is 61.5 Å². The summed E-state index contributed by atoms with van der Waals surface area (Å²) in [6.07, 6.45) is 0.815. The minimum Gasteiger partial charge on any atom is -0.368 e. The second kappa shape index (κ2) is 10.8. The van der Waals surface area contributed by atoms with Crippen LogP contribution >= 0.6 is 11.6 Å². The predicted molar refractivity (Wildman–Crippen MR) is 141 cm³/mol. The fraction of sp³-hybridized carbons (Fsp3) is 0.308. The normalized spacial score (nSPS) is 13.7. The molecule has 0 saturated heterocycles. The number of sulfonamides is 1. The van der Waals surface area contributed by atoms with E-state index in [4.69, 9.17) is 11.6 Å². The lowest BCUT2D eigenvalue weighted by molar-refractivity contribution is -0.129.